The van der Waals surface area contributed by atoms with Gasteiger partial charge >= 0.3 is 0 Å². The minimum Gasteiger partial charge on any atom is -0.387 e. The Kier molecular flexibility index (Phi) is 4.11. The van der Waals surface area contributed by atoms with E-state index in [2.05, 4.69) is 0 Å². The number of benzene rings is 1. The molecule has 0 aromatic heterocycles. The van der Waals surface area contributed by atoms with E-state index in [0.29, 0.717) is 26.2 Å². The number of amides is 2. The molecule has 22 heavy (non-hydrogen) atoms. The molecule has 1 aromatic rings. The average Bonchev–Trinajstić information content (AvgIpc) is 3.35. The van der Waals surface area contributed by atoms with Crippen molar-refractivity contribution < 1.29 is 19.1 Å². The second-order valence-electron chi connectivity index (χ2n) is 5.86. The summed E-state index contributed by atoms with van der Waals surface area (Å²) in [5.74, 6) is -0.277. The third-order valence-corrected chi connectivity index (χ3v) is 4.49. The van der Waals surface area contributed by atoms with Crippen LogP contribution in [0.4, 0.5) is 4.39 Å². The van der Waals surface area contributed by atoms with Crippen LogP contribution in [0.15, 0.2) is 24.3 Å². The first kappa shape index (κ1) is 15.0. The number of hydrogen-bond acceptors (Lipinski definition) is 3. The highest BCUT2D eigenvalue weighted by molar-refractivity contribution is 5.83. The Labute approximate surface area is 128 Å². The first-order chi connectivity index (χ1) is 10.6. The normalized spacial score (nSPS) is 24.3. The highest BCUT2D eigenvalue weighted by Gasteiger charge is 2.46. The summed E-state index contributed by atoms with van der Waals surface area (Å²) >= 11 is 0. The minimum absolute atomic E-state index is 0.0226. The van der Waals surface area contributed by atoms with E-state index in [0.717, 1.165) is 12.0 Å². The van der Waals surface area contributed by atoms with Gasteiger partial charge < -0.3 is 14.9 Å². The zero-order chi connectivity index (χ0) is 15.7. The Morgan fingerprint density at radius 1 is 1.09 bits per heavy atom. The predicted molar refractivity (Wildman–Crippen MR) is 77.5 cm³/mol. The lowest BCUT2D eigenvalue weighted by molar-refractivity contribution is -0.141. The van der Waals surface area contributed by atoms with Crippen LogP contribution >= 0.6 is 0 Å². The molecule has 0 radical (unpaired) electrons. The standard InChI is InChI=1S/C16H19FN2O3/c17-12-3-1-11(2-4-12)13-9-14(13)16(22)19-7-5-18(6-8-19)15(21)10-20/h1-4,13-14,20H,5-10H2. The molecule has 0 bridgehead atoms. The minimum atomic E-state index is -0.483. The van der Waals surface area contributed by atoms with E-state index in [1.165, 1.54) is 12.1 Å². The van der Waals surface area contributed by atoms with E-state index < -0.39 is 6.61 Å². The Morgan fingerprint density at radius 3 is 2.27 bits per heavy atom. The number of carbonyl (C=O) groups is 2. The summed E-state index contributed by atoms with van der Waals surface area (Å²) in [6.07, 6.45) is 0.806. The van der Waals surface area contributed by atoms with Gasteiger partial charge in [-0.3, -0.25) is 9.59 Å². The molecule has 2 aliphatic rings. The summed E-state index contributed by atoms with van der Waals surface area (Å²) in [6.45, 7) is 1.48. The fourth-order valence-corrected chi connectivity index (χ4v) is 3.06. The number of piperazine rings is 1. The summed E-state index contributed by atoms with van der Waals surface area (Å²) in [4.78, 5) is 27.2. The van der Waals surface area contributed by atoms with Gasteiger partial charge in [-0.25, -0.2) is 4.39 Å². The molecule has 2 amide bonds. The van der Waals surface area contributed by atoms with Crippen LogP contribution in [0.2, 0.25) is 0 Å². The van der Waals surface area contributed by atoms with Crippen LogP contribution in [0.5, 0.6) is 0 Å². The van der Waals surface area contributed by atoms with Crippen molar-refractivity contribution in [1.82, 2.24) is 9.80 Å². The molecule has 6 heteroatoms. The second-order valence-corrected chi connectivity index (χ2v) is 5.86. The van der Waals surface area contributed by atoms with Crippen LogP contribution in [0, 0.1) is 11.7 Å². The van der Waals surface area contributed by atoms with Gasteiger partial charge in [-0.15, -0.1) is 0 Å². The van der Waals surface area contributed by atoms with E-state index in [9.17, 15) is 14.0 Å². The maximum Gasteiger partial charge on any atom is 0.248 e. The molecule has 118 valence electrons. The van der Waals surface area contributed by atoms with Crippen molar-refractivity contribution in [2.45, 2.75) is 12.3 Å². The van der Waals surface area contributed by atoms with Crippen LogP contribution in [-0.4, -0.2) is 59.5 Å². The van der Waals surface area contributed by atoms with Crippen molar-refractivity contribution in [2.75, 3.05) is 32.8 Å². The second kappa shape index (κ2) is 6.04. The lowest BCUT2D eigenvalue weighted by Gasteiger charge is -2.34. The molecule has 1 aromatic carbocycles. The van der Waals surface area contributed by atoms with Crippen LogP contribution in [0.3, 0.4) is 0 Å². The largest absolute Gasteiger partial charge is 0.387 e. The smallest absolute Gasteiger partial charge is 0.248 e. The number of nitrogens with zero attached hydrogens (tertiary/aromatic N) is 2. The number of aliphatic hydroxyl groups excluding tert-OH is 1. The van der Waals surface area contributed by atoms with E-state index in [1.54, 1.807) is 21.9 Å². The van der Waals surface area contributed by atoms with Crippen LogP contribution in [0.1, 0.15) is 17.9 Å². The van der Waals surface area contributed by atoms with Gasteiger partial charge in [0.15, 0.2) is 0 Å². The molecular formula is C16H19FN2O3. The molecule has 0 spiro atoms. The summed E-state index contributed by atoms with van der Waals surface area (Å²) in [5.41, 5.74) is 1.01. The SMILES string of the molecule is O=C(CO)N1CCN(C(=O)C2CC2c2ccc(F)cc2)CC1. The summed E-state index contributed by atoms with van der Waals surface area (Å²) in [7, 11) is 0. The first-order valence-electron chi connectivity index (χ1n) is 7.53. The van der Waals surface area contributed by atoms with E-state index in [-0.39, 0.29) is 29.5 Å². The lowest BCUT2D eigenvalue weighted by atomic mass is 10.1. The zero-order valence-electron chi connectivity index (χ0n) is 12.2. The molecule has 3 rings (SSSR count). The molecule has 1 heterocycles. The molecule has 1 aliphatic carbocycles. The molecule has 1 saturated carbocycles. The van der Waals surface area contributed by atoms with Gasteiger partial charge in [0.25, 0.3) is 0 Å². The Hall–Kier alpha value is -1.95. The van der Waals surface area contributed by atoms with Crippen LogP contribution in [-0.2, 0) is 9.59 Å². The van der Waals surface area contributed by atoms with Crippen molar-refractivity contribution >= 4 is 11.8 Å². The molecule has 5 nitrogen and oxygen atoms in total. The zero-order valence-corrected chi connectivity index (χ0v) is 12.2. The molecule has 1 aliphatic heterocycles. The Morgan fingerprint density at radius 2 is 1.68 bits per heavy atom. The van der Waals surface area contributed by atoms with Crippen molar-refractivity contribution in [3.8, 4) is 0 Å². The van der Waals surface area contributed by atoms with Gasteiger partial charge in [0, 0.05) is 32.1 Å². The average molecular weight is 306 g/mol. The van der Waals surface area contributed by atoms with Crippen LogP contribution in [0.25, 0.3) is 0 Å². The third-order valence-electron chi connectivity index (χ3n) is 4.49. The molecule has 2 fully saturated rings. The van der Waals surface area contributed by atoms with Crippen molar-refractivity contribution in [1.29, 1.82) is 0 Å². The number of hydrogen-bond donors (Lipinski definition) is 1. The van der Waals surface area contributed by atoms with Crippen LogP contribution < -0.4 is 0 Å². The maximum absolute atomic E-state index is 12.9. The fraction of sp³-hybridized carbons (Fsp3) is 0.500. The highest BCUT2D eigenvalue weighted by atomic mass is 19.1. The number of carbonyl (C=O) groups excluding carboxylic acids is 2. The summed E-state index contributed by atoms with van der Waals surface area (Å²) in [5, 5.41) is 8.84. The molecule has 2 atom stereocenters. The Bertz CT molecular complexity index is 567. The van der Waals surface area contributed by atoms with E-state index >= 15 is 0 Å². The quantitative estimate of drug-likeness (QED) is 0.889. The molecule has 1 N–H and O–H groups in total. The fourth-order valence-electron chi connectivity index (χ4n) is 3.06. The first-order valence-corrected chi connectivity index (χ1v) is 7.53. The lowest BCUT2D eigenvalue weighted by Crippen LogP contribution is -2.51. The molecule has 2 unspecified atom stereocenters. The van der Waals surface area contributed by atoms with Gasteiger partial charge in [0.1, 0.15) is 12.4 Å². The van der Waals surface area contributed by atoms with E-state index in [4.69, 9.17) is 5.11 Å². The van der Waals surface area contributed by atoms with Gasteiger partial charge in [0.2, 0.25) is 11.8 Å². The van der Waals surface area contributed by atoms with Crippen molar-refractivity contribution in [3.05, 3.63) is 35.6 Å². The number of rotatable bonds is 3. The van der Waals surface area contributed by atoms with Gasteiger partial charge in [-0.1, -0.05) is 12.1 Å². The molecular weight excluding hydrogens is 287 g/mol. The summed E-state index contributed by atoms with van der Waals surface area (Å²) in [6, 6.07) is 6.33. The summed E-state index contributed by atoms with van der Waals surface area (Å²) < 4.78 is 12.9. The van der Waals surface area contributed by atoms with Gasteiger partial charge in [0.05, 0.1) is 0 Å². The third kappa shape index (κ3) is 2.97. The van der Waals surface area contributed by atoms with Crippen molar-refractivity contribution in [2.24, 2.45) is 5.92 Å². The van der Waals surface area contributed by atoms with Gasteiger partial charge in [-0.05, 0) is 30.0 Å². The predicted octanol–water partition coefficient (Wildman–Crippen LogP) is 0.592. The number of halogens is 1. The van der Waals surface area contributed by atoms with Crippen molar-refractivity contribution in [3.63, 3.8) is 0 Å². The Balaban J connectivity index is 1.54. The maximum atomic E-state index is 12.9. The number of aliphatic hydroxyl groups is 1. The van der Waals surface area contributed by atoms with E-state index in [1.807, 2.05) is 0 Å². The molecule has 1 saturated heterocycles. The highest BCUT2D eigenvalue weighted by Crippen LogP contribution is 2.48. The van der Waals surface area contributed by atoms with Gasteiger partial charge in [-0.2, -0.15) is 0 Å². The topological polar surface area (TPSA) is 60.9 Å². The monoisotopic (exact) mass is 306 g/mol.